The maximum absolute atomic E-state index is 12.9. The van der Waals surface area contributed by atoms with E-state index < -0.39 is 10.0 Å². The molecule has 150 valence electrons. The van der Waals surface area contributed by atoms with Crippen molar-refractivity contribution in [2.24, 2.45) is 0 Å². The standard InChI is InChI=1S/C23H24N2O3S/c1-17-12-14-20(15-13-17)29(27,28)24-22-11-7-10-21(18(22)2)23(26)25(3)16-19-8-5-4-6-9-19/h4-15,24H,16H2,1-3H3. The molecule has 0 spiro atoms. The van der Waals surface area contributed by atoms with Gasteiger partial charge in [0, 0.05) is 19.2 Å². The van der Waals surface area contributed by atoms with Gasteiger partial charge in [-0.15, -0.1) is 0 Å². The van der Waals surface area contributed by atoms with Crippen molar-refractivity contribution in [2.45, 2.75) is 25.3 Å². The van der Waals surface area contributed by atoms with Crippen LogP contribution in [-0.4, -0.2) is 26.3 Å². The Bertz CT molecular complexity index is 1110. The van der Waals surface area contributed by atoms with Crippen LogP contribution in [0.4, 0.5) is 5.69 Å². The quantitative estimate of drug-likeness (QED) is 0.658. The van der Waals surface area contributed by atoms with Crippen LogP contribution in [0.3, 0.4) is 0 Å². The van der Waals surface area contributed by atoms with Crippen LogP contribution in [0.2, 0.25) is 0 Å². The van der Waals surface area contributed by atoms with Gasteiger partial charge in [0.1, 0.15) is 0 Å². The van der Waals surface area contributed by atoms with E-state index in [0.29, 0.717) is 23.4 Å². The molecule has 3 aromatic carbocycles. The molecule has 0 atom stereocenters. The molecule has 6 heteroatoms. The molecule has 0 aliphatic heterocycles. The third-order valence-corrected chi connectivity index (χ3v) is 6.13. The van der Waals surface area contributed by atoms with Gasteiger partial charge in [-0.1, -0.05) is 54.1 Å². The number of carbonyl (C=O) groups excluding carboxylic acids is 1. The molecule has 0 aliphatic carbocycles. The number of amides is 1. The molecule has 0 aliphatic rings. The van der Waals surface area contributed by atoms with Gasteiger partial charge in [0.15, 0.2) is 0 Å². The molecule has 0 saturated heterocycles. The second-order valence-corrected chi connectivity index (χ2v) is 8.73. The van der Waals surface area contributed by atoms with E-state index in [1.165, 1.54) is 0 Å². The number of nitrogens with one attached hydrogen (secondary N) is 1. The smallest absolute Gasteiger partial charge is 0.261 e. The third-order valence-electron chi connectivity index (χ3n) is 4.75. The van der Waals surface area contributed by atoms with E-state index in [2.05, 4.69) is 4.72 Å². The number of anilines is 1. The van der Waals surface area contributed by atoms with Gasteiger partial charge in [-0.3, -0.25) is 9.52 Å². The fourth-order valence-corrected chi connectivity index (χ4v) is 4.16. The van der Waals surface area contributed by atoms with Crippen LogP contribution in [-0.2, 0) is 16.6 Å². The summed E-state index contributed by atoms with van der Waals surface area (Å²) in [5.74, 6) is -0.164. The number of aryl methyl sites for hydroxylation is 1. The van der Waals surface area contributed by atoms with Crippen LogP contribution in [0.25, 0.3) is 0 Å². The van der Waals surface area contributed by atoms with Crippen LogP contribution in [0.15, 0.2) is 77.7 Å². The first-order chi connectivity index (χ1) is 13.8. The lowest BCUT2D eigenvalue weighted by atomic mass is 10.1. The van der Waals surface area contributed by atoms with Crippen molar-refractivity contribution in [3.8, 4) is 0 Å². The Balaban J connectivity index is 1.83. The van der Waals surface area contributed by atoms with Crippen molar-refractivity contribution in [3.05, 3.63) is 95.1 Å². The minimum absolute atomic E-state index is 0.164. The third kappa shape index (κ3) is 4.84. The molecule has 0 bridgehead atoms. The zero-order chi connectivity index (χ0) is 21.0. The van der Waals surface area contributed by atoms with E-state index in [9.17, 15) is 13.2 Å². The zero-order valence-electron chi connectivity index (χ0n) is 16.7. The number of sulfonamides is 1. The highest BCUT2D eigenvalue weighted by atomic mass is 32.2. The Labute approximate surface area is 172 Å². The molecule has 0 aromatic heterocycles. The van der Waals surface area contributed by atoms with Gasteiger partial charge in [0.25, 0.3) is 15.9 Å². The monoisotopic (exact) mass is 408 g/mol. The predicted molar refractivity (Wildman–Crippen MR) is 115 cm³/mol. The molecule has 0 saturated carbocycles. The highest BCUT2D eigenvalue weighted by Gasteiger charge is 2.19. The molecule has 0 heterocycles. The minimum atomic E-state index is -3.74. The topological polar surface area (TPSA) is 66.5 Å². The van der Waals surface area contributed by atoms with Crippen LogP contribution in [0, 0.1) is 13.8 Å². The molecule has 3 aromatic rings. The molecule has 5 nitrogen and oxygen atoms in total. The lowest BCUT2D eigenvalue weighted by Crippen LogP contribution is -2.27. The molecular weight excluding hydrogens is 384 g/mol. The normalized spacial score (nSPS) is 11.1. The van der Waals surface area contributed by atoms with E-state index in [1.807, 2.05) is 37.3 Å². The average molecular weight is 409 g/mol. The summed E-state index contributed by atoms with van der Waals surface area (Å²) in [4.78, 5) is 14.7. The van der Waals surface area contributed by atoms with Gasteiger partial charge in [0.2, 0.25) is 0 Å². The number of rotatable bonds is 6. The summed E-state index contributed by atoms with van der Waals surface area (Å²) in [7, 11) is -2.00. The van der Waals surface area contributed by atoms with Gasteiger partial charge in [-0.05, 0) is 49.2 Å². The first kappa shape index (κ1) is 20.6. The van der Waals surface area contributed by atoms with Crippen molar-refractivity contribution in [1.82, 2.24) is 4.90 Å². The number of nitrogens with zero attached hydrogens (tertiary/aromatic N) is 1. The van der Waals surface area contributed by atoms with E-state index >= 15 is 0 Å². The lowest BCUT2D eigenvalue weighted by molar-refractivity contribution is 0.0784. The van der Waals surface area contributed by atoms with Gasteiger partial charge in [-0.2, -0.15) is 0 Å². The van der Waals surface area contributed by atoms with Gasteiger partial charge in [-0.25, -0.2) is 8.42 Å². The molecule has 0 radical (unpaired) electrons. The summed E-state index contributed by atoms with van der Waals surface area (Å²) in [5.41, 5.74) is 3.46. The number of hydrogen-bond donors (Lipinski definition) is 1. The first-order valence-electron chi connectivity index (χ1n) is 9.26. The van der Waals surface area contributed by atoms with Crippen molar-refractivity contribution in [2.75, 3.05) is 11.8 Å². The summed E-state index contributed by atoms with van der Waals surface area (Å²) < 4.78 is 28.0. The van der Waals surface area contributed by atoms with Crippen molar-refractivity contribution in [1.29, 1.82) is 0 Å². The van der Waals surface area contributed by atoms with Crippen LogP contribution >= 0.6 is 0 Å². The Kier molecular flexibility index (Phi) is 6.03. The summed E-state index contributed by atoms with van der Waals surface area (Å²) in [6.07, 6.45) is 0. The van der Waals surface area contributed by atoms with Gasteiger partial charge in [0.05, 0.1) is 10.6 Å². The average Bonchev–Trinajstić information content (AvgIpc) is 2.70. The van der Waals surface area contributed by atoms with Crippen molar-refractivity contribution < 1.29 is 13.2 Å². The number of carbonyl (C=O) groups is 1. The molecule has 29 heavy (non-hydrogen) atoms. The molecule has 0 fully saturated rings. The number of hydrogen-bond acceptors (Lipinski definition) is 3. The predicted octanol–water partition coefficient (Wildman–Crippen LogP) is 4.38. The lowest BCUT2D eigenvalue weighted by Gasteiger charge is -2.20. The Morgan fingerprint density at radius 3 is 2.21 bits per heavy atom. The van der Waals surface area contributed by atoms with Gasteiger partial charge >= 0.3 is 0 Å². The van der Waals surface area contributed by atoms with E-state index in [4.69, 9.17) is 0 Å². The SMILES string of the molecule is Cc1ccc(S(=O)(=O)Nc2cccc(C(=O)N(C)Cc3ccccc3)c2C)cc1. The molecule has 3 rings (SSSR count). The minimum Gasteiger partial charge on any atom is -0.337 e. The summed E-state index contributed by atoms with van der Waals surface area (Å²) in [6.45, 7) is 4.12. The largest absolute Gasteiger partial charge is 0.337 e. The molecule has 1 N–H and O–H groups in total. The Morgan fingerprint density at radius 2 is 1.55 bits per heavy atom. The molecular formula is C23H24N2O3S. The Hall–Kier alpha value is -3.12. The van der Waals surface area contributed by atoms with E-state index in [-0.39, 0.29) is 10.8 Å². The summed E-state index contributed by atoms with van der Waals surface area (Å²) >= 11 is 0. The summed E-state index contributed by atoms with van der Waals surface area (Å²) in [6, 6.07) is 21.4. The maximum atomic E-state index is 12.9. The second-order valence-electron chi connectivity index (χ2n) is 7.04. The van der Waals surface area contributed by atoms with E-state index in [0.717, 1.165) is 11.1 Å². The van der Waals surface area contributed by atoms with Crippen molar-refractivity contribution in [3.63, 3.8) is 0 Å². The fourth-order valence-electron chi connectivity index (χ4n) is 3.03. The van der Waals surface area contributed by atoms with Crippen LogP contribution < -0.4 is 4.72 Å². The molecule has 1 amide bonds. The van der Waals surface area contributed by atoms with Crippen LogP contribution in [0.5, 0.6) is 0 Å². The van der Waals surface area contributed by atoms with E-state index in [1.54, 1.807) is 61.3 Å². The number of benzene rings is 3. The second kappa shape index (κ2) is 8.49. The summed E-state index contributed by atoms with van der Waals surface area (Å²) in [5, 5.41) is 0. The Morgan fingerprint density at radius 1 is 0.897 bits per heavy atom. The highest BCUT2D eigenvalue weighted by molar-refractivity contribution is 7.92. The van der Waals surface area contributed by atoms with Crippen LogP contribution in [0.1, 0.15) is 27.0 Å². The zero-order valence-corrected chi connectivity index (χ0v) is 17.5. The maximum Gasteiger partial charge on any atom is 0.261 e. The molecule has 0 unspecified atom stereocenters. The highest BCUT2D eigenvalue weighted by Crippen LogP contribution is 2.24. The first-order valence-corrected chi connectivity index (χ1v) is 10.7. The van der Waals surface area contributed by atoms with Gasteiger partial charge < -0.3 is 4.90 Å². The fraction of sp³-hybridized carbons (Fsp3) is 0.174. The van der Waals surface area contributed by atoms with Crippen molar-refractivity contribution >= 4 is 21.6 Å².